The van der Waals surface area contributed by atoms with Gasteiger partial charge in [-0.3, -0.25) is 4.79 Å². The van der Waals surface area contributed by atoms with Crippen LogP contribution >= 0.6 is 0 Å². The van der Waals surface area contributed by atoms with E-state index in [1.165, 1.54) is 0 Å². The summed E-state index contributed by atoms with van der Waals surface area (Å²) in [6, 6.07) is 16.5. The molecule has 0 radical (unpaired) electrons. The number of furan rings is 1. The Bertz CT molecular complexity index is 826. The molecule has 2 N–H and O–H groups in total. The van der Waals surface area contributed by atoms with Gasteiger partial charge in [0, 0.05) is 5.39 Å². The van der Waals surface area contributed by atoms with Gasteiger partial charge in [-0.25, -0.2) is 0 Å². The number of carbonyl (C=O) groups excluding carboxylic acids is 1. The lowest BCUT2D eigenvalue weighted by Gasteiger charge is -2.15. The highest BCUT2D eigenvalue weighted by Crippen LogP contribution is 2.28. The highest BCUT2D eigenvalue weighted by atomic mass is 16.5. The van der Waals surface area contributed by atoms with Crippen LogP contribution < -0.4 is 10.1 Å². The van der Waals surface area contributed by atoms with E-state index in [-0.39, 0.29) is 24.3 Å². The molecule has 5 heteroatoms. The van der Waals surface area contributed by atoms with Crippen molar-refractivity contribution >= 4 is 16.9 Å². The number of rotatable bonds is 6. The van der Waals surface area contributed by atoms with Gasteiger partial charge in [-0.2, -0.15) is 0 Å². The van der Waals surface area contributed by atoms with Crippen molar-refractivity contribution in [3.63, 3.8) is 0 Å². The standard InChI is InChI=1S/C19H19NO4/c1-23-16-9-5-8-14-11-17(24-18(14)16)19(22)20-15(12-21)10-13-6-3-2-4-7-13/h2-9,11,15,21H,10,12H2,1H3,(H,20,22). The van der Waals surface area contributed by atoms with Crippen molar-refractivity contribution in [1.29, 1.82) is 0 Å². The third-order valence-electron chi connectivity index (χ3n) is 3.83. The monoisotopic (exact) mass is 325 g/mol. The Labute approximate surface area is 139 Å². The molecule has 0 aliphatic rings. The molecule has 0 aliphatic heterocycles. The summed E-state index contributed by atoms with van der Waals surface area (Å²) in [7, 11) is 1.55. The number of benzene rings is 2. The van der Waals surface area contributed by atoms with Gasteiger partial charge in [0.2, 0.25) is 0 Å². The molecule has 124 valence electrons. The fraction of sp³-hybridized carbons (Fsp3) is 0.211. The molecule has 1 atom stereocenters. The molecule has 24 heavy (non-hydrogen) atoms. The Balaban J connectivity index is 1.76. The average Bonchev–Trinajstić information content (AvgIpc) is 3.06. The van der Waals surface area contributed by atoms with E-state index in [0.29, 0.717) is 17.8 Å². The summed E-state index contributed by atoms with van der Waals surface area (Å²) in [5, 5.41) is 13.1. The van der Waals surface area contributed by atoms with Crippen LogP contribution in [0.4, 0.5) is 0 Å². The van der Waals surface area contributed by atoms with Gasteiger partial charge >= 0.3 is 0 Å². The molecular weight excluding hydrogens is 306 g/mol. The maximum absolute atomic E-state index is 12.4. The van der Waals surface area contributed by atoms with Crippen LogP contribution in [0.1, 0.15) is 16.1 Å². The Hall–Kier alpha value is -2.79. The Morgan fingerprint density at radius 2 is 2.00 bits per heavy atom. The van der Waals surface area contributed by atoms with Crippen molar-refractivity contribution in [1.82, 2.24) is 5.32 Å². The average molecular weight is 325 g/mol. The zero-order valence-corrected chi connectivity index (χ0v) is 13.4. The minimum atomic E-state index is -0.380. The van der Waals surface area contributed by atoms with Gasteiger partial charge in [-0.05, 0) is 24.1 Å². The van der Waals surface area contributed by atoms with E-state index < -0.39 is 0 Å². The predicted molar refractivity (Wildman–Crippen MR) is 91.3 cm³/mol. The molecule has 3 rings (SSSR count). The lowest BCUT2D eigenvalue weighted by molar-refractivity contribution is 0.0890. The third-order valence-corrected chi connectivity index (χ3v) is 3.83. The first-order valence-electron chi connectivity index (χ1n) is 7.73. The van der Waals surface area contributed by atoms with Gasteiger partial charge < -0.3 is 19.6 Å². The number of aliphatic hydroxyl groups excluding tert-OH is 1. The van der Waals surface area contributed by atoms with Crippen molar-refractivity contribution < 1.29 is 19.1 Å². The molecule has 0 fully saturated rings. The minimum absolute atomic E-state index is 0.149. The summed E-state index contributed by atoms with van der Waals surface area (Å²) < 4.78 is 10.9. The molecule has 1 heterocycles. The molecular formula is C19H19NO4. The normalized spacial score (nSPS) is 12.1. The predicted octanol–water partition coefficient (Wildman–Crippen LogP) is 2.77. The Kier molecular flexibility index (Phi) is 4.82. The van der Waals surface area contributed by atoms with Crippen LogP contribution in [-0.2, 0) is 6.42 Å². The quantitative estimate of drug-likeness (QED) is 0.731. The first-order chi connectivity index (χ1) is 11.7. The van der Waals surface area contributed by atoms with Crippen molar-refractivity contribution in [2.45, 2.75) is 12.5 Å². The van der Waals surface area contributed by atoms with E-state index >= 15 is 0 Å². The van der Waals surface area contributed by atoms with Gasteiger partial charge in [0.05, 0.1) is 19.8 Å². The molecule has 1 amide bonds. The summed E-state index contributed by atoms with van der Waals surface area (Å²) in [5.74, 6) is 0.416. The first kappa shape index (κ1) is 16.1. The van der Waals surface area contributed by atoms with E-state index in [4.69, 9.17) is 9.15 Å². The zero-order valence-electron chi connectivity index (χ0n) is 13.4. The second-order valence-electron chi connectivity index (χ2n) is 5.53. The summed E-state index contributed by atoms with van der Waals surface area (Å²) >= 11 is 0. The molecule has 0 saturated heterocycles. The number of hydrogen-bond acceptors (Lipinski definition) is 4. The van der Waals surface area contributed by atoms with Crippen molar-refractivity contribution in [2.75, 3.05) is 13.7 Å². The second-order valence-corrected chi connectivity index (χ2v) is 5.53. The number of carbonyl (C=O) groups is 1. The van der Waals surface area contributed by atoms with E-state index in [2.05, 4.69) is 5.32 Å². The van der Waals surface area contributed by atoms with E-state index in [0.717, 1.165) is 10.9 Å². The number of para-hydroxylation sites is 1. The van der Waals surface area contributed by atoms with E-state index in [1.54, 1.807) is 19.2 Å². The highest BCUT2D eigenvalue weighted by Gasteiger charge is 2.18. The lowest BCUT2D eigenvalue weighted by Crippen LogP contribution is -2.38. The smallest absolute Gasteiger partial charge is 0.287 e. The largest absolute Gasteiger partial charge is 0.493 e. The molecule has 5 nitrogen and oxygen atoms in total. The van der Waals surface area contributed by atoms with Crippen LogP contribution in [0.2, 0.25) is 0 Å². The molecule has 2 aromatic carbocycles. The topological polar surface area (TPSA) is 71.7 Å². The van der Waals surface area contributed by atoms with E-state index in [9.17, 15) is 9.90 Å². The summed E-state index contributed by atoms with van der Waals surface area (Å²) in [5.41, 5.74) is 1.58. The number of ether oxygens (including phenoxy) is 1. The molecule has 3 aromatic rings. The van der Waals surface area contributed by atoms with Crippen LogP contribution in [0.25, 0.3) is 11.0 Å². The van der Waals surface area contributed by atoms with Crippen molar-refractivity contribution in [3.8, 4) is 5.75 Å². The van der Waals surface area contributed by atoms with Crippen LogP contribution in [0, 0.1) is 0 Å². The van der Waals surface area contributed by atoms with Crippen molar-refractivity contribution in [2.24, 2.45) is 0 Å². The van der Waals surface area contributed by atoms with Crippen LogP contribution in [-0.4, -0.2) is 30.8 Å². The number of nitrogens with one attached hydrogen (secondary N) is 1. The summed E-state index contributed by atoms with van der Waals surface area (Å²) in [6.45, 7) is -0.149. The summed E-state index contributed by atoms with van der Waals surface area (Å²) in [4.78, 5) is 12.4. The van der Waals surface area contributed by atoms with E-state index in [1.807, 2.05) is 42.5 Å². The maximum atomic E-state index is 12.4. The van der Waals surface area contributed by atoms with Gasteiger partial charge in [0.15, 0.2) is 17.1 Å². The van der Waals surface area contributed by atoms with Crippen molar-refractivity contribution in [3.05, 3.63) is 65.9 Å². The van der Waals surface area contributed by atoms with Crippen LogP contribution in [0.3, 0.4) is 0 Å². The molecule has 1 aromatic heterocycles. The number of fused-ring (bicyclic) bond motifs is 1. The Morgan fingerprint density at radius 3 is 2.71 bits per heavy atom. The first-order valence-corrected chi connectivity index (χ1v) is 7.73. The number of hydrogen-bond donors (Lipinski definition) is 2. The highest BCUT2D eigenvalue weighted by molar-refractivity contribution is 5.97. The molecule has 0 aliphatic carbocycles. The van der Waals surface area contributed by atoms with Gasteiger partial charge in [-0.15, -0.1) is 0 Å². The van der Waals surface area contributed by atoms with Gasteiger partial charge in [-0.1, -0.05) is 42.5 Å². The van der Waals surface area contributed by atoms with Crippen LogP contribution in [0.5, 0.6) is 5.75 Å². The fourth-order valence-electron chi connectivity index (χ4n) is 2.63. The van der Waals surface area contributed by atoms with Gasteiger partial charge in [0.25, 0.3) is 5.91 Å². The molecule has 0 saturated carbocycles. The third kappa shape index (κ3) is 3.41. The molecule has 0 bridgehead atoms. The summed E-state index contributed by atoms with van der Waals surface area (Å²) in [6.07, 6.45) is 0.548. The molecule has 1 unspecified atom stereocenters. The van der Waals surface area contributed by atoms with Crippen LogP contribution in [0.15, 0.2) is 59.0 Å². The second kappa shape index (κ2) is 7.19. The fourth-order valence-corrected chi connectivity index (χ4v) is 2.63. The molecule has 0 spiro atoms. The number of methoxy groups -OCH3 is 1. The minimum Gasteiger partial charge on any atom is -0.493 e. The SMILES string of the molecule is COc1cccc2cc(C(=O)NC(CO)Cc3ccccc3)oc12. The number of aliphatic hydroxyl groups is 1. The zero-order chi connectivity index (χ0) is 16.9. The van der Waals surface area contributed by atoms with Gasteiger partial charge in [0.1, 0.15) is 0 Å². The Morgan fingerprint density at radius 1 is 1.21 bits per heavy atom. The number of amides is 1. The maximum Gasteiger partial charge on any atom is 0.287 e. The lowest BCUT2D eigenvalue weighted by atomic mass is 10.1.